The first-order valence-electron chi connectivity index (χ1n) is 7.94. The van der Waals surface area contributed by atoms with Gasteiger partial charge in [0.05, 0.1) is 5.52 Å². The minimum absolute atomic E-state index is 0.0134. The summed E-state index contributed by atoms with van der Waals surface area (Å²) in [7, 11) is 0. The summed E-state index contributed by atoms with van der Waals surface area (Å²) < 4.78 is 39.7. The Hall–Kier alpha value is -2.95. The largest absolute Gasteiger partial charge is 0.453 e. The fourth-order valence-electron chi connectivity index (χ4n) is 2.50. The zero-order chi connectivity index (χ0) is 19.0. The van der Waals surface area contributed by atoms with E-state index in [1.54, 1.807) is 6.07 Å². The molecule has 4 aromatic rings. The van der Waals surface area contributed by atoms with E-state index in [4.69, 9.17) is 0 Å². The second kappa shape index (κ2) is 6.65. The van der Waals surface area contributed by atoms with Crippen LogP contribution in [-0.2, 0) is 6.18 Å². The third-order valence-corrected chi connectivity index (χ3v) is 4.41. The van der Waals surface area contributed by atoms with Crippen molar-refractivity contribution in [2.24, 2.45) is 0 Å². The first kappa shape index (κ1) is 17.5. The minimum atomic E-state index is -4.65. The number of anilines is 1. The lowest BCUT2D eigenvalue weighted by Gasteiger charge is -2.09. The summed E-state index contributed by atoms with van der Waals surface area (Å²) >= 11 is 1.06. The zero-order valence-corrected chi connectivity index (χ0v) is 14.7. The highest BCUT2D eigenvalue weighted by atomic mass is 32.2. The van der Waals surface area contributed by atoms with Crippen LogP contribution in [0.25, 0.3) is 16.6 Å². The molecule has 11 heteroatoms. The molecule has 4 rings (SSSR count). The number of para-hydroxylation sites is 1. The molecule has 0 saturated carbocycles. The summed E-state index contributed by atoms with van der Waals surface area (Å²) in [5, 5.41) is 15.4. The van der Waals surface area contributed by atoms with Crippen LogP contribution in [0.2, 0.25) is 0 Å². The quantitative estimate of drug-likeness (QED) is 0.532. The van der Waals surface area contributed by atoms with Crippen molar-refractivity contribution in [2.75, 3.05) is 11.9 Å². The normalized spacial score (nSPS) is 12.0. The van der Waals surface area contributed by atoms with Crippen molar-refractivity contribution in [1.82, 2.24) is 29.8 Å². The molecule has 7 nitrogen and oxygen atoms in total. The van der Waals surface area contributed by atoms with Gasteiger partial charge < -0.3 is 5.32 Å². The standard InChI is InChI=1S/C16H12F3N7S/c1-2-20-13-9-5-3-4-6-10(9)21-15(22-13)27-12-8-7-11-23-24-14(16(17,18)19)26(11)25-12/h3-8H,2H2,1H3,(H,20,21,22). The second-order valence-electron chi connectivity index (χ2n) is 5.47. The maximum Gasteiger partial charge on any atom is 0.453 e. The van der Waals surface area contributed by atoms with Crippen molar-refractivity contribution in [3.8, 4) is 0 Å². The van der Waals surface area contributed by atoms with Crippen molar-refractivity contribution >= 4 is 34.1 Å². The molecule has 0 radical (unpaired) electrons. The summed E-state index contributed by atoms with van der Waals surface area (Å²) in [6.45, 7) is 2.62. The third kappa shape index (κ3) is 3.37. The van der Waals surface area contributed by atoms with Gasteiger partial charge in [0, 0.05) is 11.9 Å². The van der Waals surface area contributed by atoms with Crippen LogP contribution < -0.4 is 5.32 Å². The fraction of sp³-hybridized carbons (Fsp3) is 0.188. The maximum absolute atomic E-state index is 13.0. The van der Waals surface area contributed by atoms with Crippen molar-refractivity contribution in [2.45, 2.75) is 23.3 Å². The number of benzene rings is 1. The van der Waals surface area contributed by atoms with E-state index in [1.807, 2.05) is 31.2 Å². The molecular weight excluding hydrogens is 379 g/mol. The Bertz CT molecular complexity index is 1130. The van der Waals surface area contributed by atoms with E-state index in [9.17, 15) is 13.2 Å². The number of nitrogens with zero attached hydrogens (tertiary/aromatic N) is 6. The topological polar surface area (TPSA) is 80.9 Å². The van der Waals surface area contributed by atoms with Crippen LogP contribution >= 0.6 is 11.8 Å². The molecule has 0 atom stereocenters. The Kier molecular flexibility index (Phi) is 4.30. The molecule has 0 aliphatic heterocycles. The van der Waals surface area contributed by atoms with Gasteiger partial charge in [0.2, 0.25) is 0 Å². The van der Waals surface area contributed by atoms with Crippen LogP contribution in [0.1, 0.15) is 12.7 Å². The number of hydrogen-bond acceptors (Lipinski definition) is 7. The molecule has 0 amide bonds. The summed E-state index contributed by atoms with van der Waals surface area (Å²) in [5.41, 5.74) is 0.742. The number of rotatable bonds is 4. The highest BCUT2D eigenvalue weighted by Crippen LogP contribution is 2.30. The Balaban J connectivity index is 1.75. The number of aromatic nitrogens is 6. The minimum Gasteiger partial charge on any atom is -0.370 e. The predicted molar refractivity (Wildman–Crippen MR) is 93.6 cm³/mol. The van der Waals surface area contributed by atoms with Gasteiger partial charge in [-0.15, -0.1) is 10.2 Å². The fourth-order valence-corrected chi connectivity index (χ4v) is 3.23. The van der Waals surface area contributed by atoms with Crippen LogP contribution in [0, 0.1) is 0 Å². The lowest BCUT2D eigenvalue weighted by molar-refractivity contribution is -0.146. The van der Waals surface area contributed by atoms with Gasteiger partial charge in [-0.25, -0.2) is 9.97 Å². The lowest BCUT2D eigenvalue weighted by atomic mass is 10.2. The van der Waals surface area contributed by atoms with E-state index in [-0.39, 0.29) is 5.65 Å². The van der Waals surface area contributed by atoms with Crippen molar-refractivity contribution in [3.63, 3.8) is 0 Å². The van der Waals surface area contributed by atoms with E-state index in [0.717, 1.165) is 22.7 Å². The maximum atomic E-state index is 13.0. The average molecular weight is 391 g/mol. The molecule has 1 aromatic carbocycles. The molecule has 0 fully saturated rings. The molecular formula is C16H12F3N7S. The van der Waals surface area contributed by atoms with E-state index in [1.165, 1.54) is 6.07 Å². The molecule has 3 heterocycles. The Morgan fingerprint density at radius 2 is 1.89 bits per heavy atom. The third-order valence-electron chi connectivity index (χ3n) is 3.61. The number of fused-ring (bicyclic) bond motifs is 2. The molecule has 1 N–H and O–H groups in total. The first-order valence-corrected chi connectivity index (χ1v) is 8.75. The van der Waals surface area contributed by atoms with E-state index in [0.29, 0.717) is 27.1 Å². The predicted octanol–water partition coefficient (Wildman–Crippen LogP) is 3.67. The second-order valence-corrected chi connectivity index (χ2v) is 6.45. The van der Waals surface area contributed by atoms with Gasteiger partial charge in [0.25, 0.3) is 5.82 Å². The Morgan fingerprint density at radius 3 is 2.67 bits per heavy atom. The van der Waals surface area contributed by atoms with E-state index < -0.39 is 12.0 Å². The summed E-state index contributed by atoms with van der Waals surface area (Å²) in [6.07, 6.45) is -4.65. The number of alkyl halides is 3. The molecule has 0 spiro atoms. The smallest absolute Gasteiger partial charge is 0.370 e. The Labute approximate surface area is 155 Å². The summed E-state index contributed by atoms with van der Waals surface area (Å²) in [6, 6.07) is 10.5. The van der Waals surface area contributed by atoms with Gasteiger partial charge in [-0.05, 0) is 43.0 Å². The van der Waals surface area contributed by atoms with Crippen LogP contribution in [0.3, 0.4) is 0 Å². The first-order chi connectivity index (χ1) is 13.0. The average Bonchev–Trinajstić information content (AvgIpc) is 3.05. The molecule has 0 bridgehead atoms. The van der Waals surface area contributed by atoms with Crippen LogP contribution in [-0.4, -0.2) is 36.3 Å². The van der Waals surface area contributed by atoms with E-state index >= 15 is 0 Å². The lowest BCUT2D eigenvalue weighted by Crippen LogP contribution is -2.12. The molecule has 0 aliphatic rings. The molecule has 0 aliphatic carbocycles. The van der Waals surface area contributed by atoms with Crippen molar-refractivity contribution in [3.05, 3.63) is 42.2 Å². The summed E-state index contributed by atoms with van der Waals surface area (Å²) in [5.74, 6) is -0.514. The van der Waals surface area contributed by atoms with Gasteiger partial charge in [0.15, 0.2) is 10.8 Å². The van der Waals surface area contributed by atoms with Gasteiger partial charge in [0.1, 0.15) is 10.8 Å². The van der Waals surface area contributed by atoms with Crippen molar-refractivity contribution in [1.29, 1.82) is 0 Å². The van der Waals surface area contributed by atoms with Crippen LogP contribution in [0.5, 0.6) is 0 Å². The molecule has 0 unspecified atom stereocenters. The molecule has 0 saturated heterocycles. The highest BCUT2D eigenvalue weighted by Gasteiger charge is 2.37. The van der Waals surface area contributed by atoms with Gasteiger partial charge in [-0.3, -0.25) is 0 Å². The monoisotopic (exact) mass is 391 g/mol. The van der Waals surface area contributed by atoms with Crippen LogP contribution in [0.4, 0.5) is 19.0 Å². The number of hydrogen-bond donors (Lipinski definition) is 1. The molecule has 138 valence electrons. The molecule has 27 heavy (non-hydrogen) atoms. The van der Waals surface area contributed by atoms with Crippen molar-refractivity contribution < 1.29 is 13.2 Å². The zero-order valence-electron chi connectivity index (χ0n) is 13.9. The van der Waals surface area contributed by atoms with Gasteiger partial charge >= 0.3 is 6.18 Å². The van der Waals surface area contributed by atoms with Gasteiger partial charge in [-0.2, -0.15) is 22.8 Å². The number of halogens is 3. The Morgan fingerprint density at radius 1 is 1.07 bits per heavy atom. The van der Waals surface area contributed by atoms with Gasteiger partial charge in [-0.1, -0.05) is 12.1 Å². The van der Waals surface area contributed by atoms with E-state index in [2.05, 4.69) is 30.6 Å². The SMILES string of the molecule is CCNc1nc(Sc2ccc3nnc(C(F)(F)F)n3n2)nc2ccccc12. The summed E-state index contributed by atoms with van der Waals surface area (Å²) in [4.78, 5) is 8.92. The molecule has 3 aromatic heterocycles. The highest BCUT2D eigenvalue weighted by molar-refractivity contribution is 7.99. The number of nitrogens with one attached hydrogen (secondary N) is 1. The van der Waals surface area contributed by atoms with Crippen LogP contribution in [0.15, 0.2) is 46.6 Å².